The highest BCUT2D eigenvalue weighted by molar-refractivity contribution is 7.91. The first kappa shape index (κ1) is 12.6. The lowest BCUT2D eigenvalue weighted by Crippen LogP contribution is -2.48. The molecule has 92 valence electrons. The Morgan fingerprint density at radius 1 is 1.35 bits per heavy atom. The van der Waals surface area contributed by atoms with Crippen LogP contribution < -0.4 is 4.72 Å². The molecule has 0 unspecified atom stereocenters. The molecule has 1 aromatic rings. The molecule has 17 heavy (non-hydrogen) atoms. The van der Waals surface area contributed by atoms with E-state index in [2.05, 4.69) is 10.8 Å². The minimum atomic E-state index is -3.54. The summed E-state index contributed by atoms with van der Waals surface area (Å²) in [4.78, 5) is 0. The number of nitrogens with one attached hydrogen (secondary N) is 1. The van der Waals surface area contributed by atoms with Gasteiger partial charge in [-0.2, -0.15) is 9.98 Å². The molecular formula is C11H14N2O2S2. The summed E-state index contributed by atoms with van der Waals surface area (Å²) >= 11 is 1.17. The normalized spacial score (nSPS) is 19.7. The maximum absolute atomic E-state index is 12.1. The van der Waals surface area contributed by atoms with Crippen molar-refractivity contribution < 1.29 is 8.42 Å². The summed E-state index contributed by atoms with van der Waals surface area (Å²) in [5.74, 6) is 0. The van der Waals surface area contributed by atoms with Gasteiger partial charge in [0.15, 0.2) is 0 Å². The smallest absolute Gasteiger partial charge is 0.206 e. The van der Waals surface area contributed by atoms with E-state index in [4.69, 9.17) is 0 Å². The Bertz CT molecular complexity index is 508. The van der Waals surface area contributed by atoms with E-state index in [0.29, 0.717) is 12.8 Å². The summed E-state index contributed by atoms with van der Waals surface area (Å²) in [5.41, 5.74) is -0.902. The lowest BCUT2D eigenvalue weighted by atomic mass is 9.84. The van der Waals surface area contributed by atoms with Crippen molar-refractivity contribution in [1.82, 2.24) is 4.72 Å². The number of rotatable bonds is 3. The van der Waals surface area contributed by atoms with Crippen LogP contribution in [0.3, 0.4) is 0 Å². The zero-order valence-electron chi connectivity index (χ0n) is 9.35. The van der Waals surface area contributed by atoms with Gasteiger partial charge in [0.2, 0.25) is 0 Å². The van der Waals surface area contributed by atoms with Gasteiger partial charge in [0.25, 0.3) is 10.0 Å². The van der Waals surface area contributed by atoms with Gasteiger partial charge in [0.05, 0.1) is 6.07 Å². The molecule has 6 heteroatoms. The van der Waals surface area contributed by atoms with Crippen LogP contribution in [0.1, 0.15) is 32.1 Å². The molecule has 1 fully saturated rings. The third-order valence-corrected chi connectivity index (χ3v) is 5.94. The fraction of sp³-hybridized carbons (Fsp3) is 0.545. The van der Waals surface area contributed by atoms with E-state index in [1.807, 2.05) is 0 Å². The largest absolute Gasteiger partial charge is 0.251 e. The van der Waals surface area contributed by atoms with Gasteiger partial charge in [-0.05, 0) is 24.3 Å². The number of nitrogens with zero attached hydrogens (tertiary/aromatic N) is 1. The summed E-state index contributed by atoms with van der Waals surface area (Å²) in [6, 6.07) is 5.40. The first-order valence-corrected chi connectivity index (χ1v) is 7.93. The average Bonchev–Trinajstić information content (AvgIpc) is 2.84. The maximum Gasteiger partial charge on any atom is 0.251 e. The summed E-state index contributed by atoms with van der Waals surface area (Å²) in [6.07, 6.45) is 4.09. The van der Waals surface area contributed by atoms with Crippen LogP contribution in [0.5, 0.6) is 0 Å². The predicted molar refractivity (Wildman–Crippen MR) is 66.1 cm³/mol. The Kier molecular flexibility index (Phi) is 3.52. The van der Waals surface area contributed by atoms with Crippen LogP contribution in [0, 0.1) is 11.3 Å². The summed E-state index contributed by atoms with van der Waals surface area (Å²) in [6.45, 7) is 0. The second-order valence-electron chi connectivity index (χ2n) is 4.29. The third kappa shape index (κ3) is 2.68. The first-order valence-electron chi connectivity index (χ1n) is 5.57. The molecule has 0 spiro atoms. The highest BCUT2D eigenvalue weighted by Crippen LogP contribution is 2.30. The number of hydrogen-bond donors (Lipinski definition) is 1. The molecule has 1 aliphatic carbocycles. The molecule has 1 aromatic heterocycles. The molecule has 0 saturated heterocycles. The lowest BCUT2D eigenvalue weighted by Gasteiger charge is -2.30. The zero-order chi connectivity index (χ0) is 12.4. The van der Waals surface area contributed by atoms with Gasteiger partial charge in [0, 0.05) is 0 Å². The molecular weight excluding hydrogens is 256 g/mol. The van der Waals surface area contributed by atoms with Gasteiger partial charge in [-0.3, -0.25) is 0 Å². The number of thiophene rings is 1. The van der Waals surface area contributed by atoms with Gasteiger partial charge in [-0.1, -0.05) is 25.3 Å². The molecule has 0 atom stereocenters. The van der Waals surface area contributed by atoms with Crippen molar-refractivity contribution in [3.8, 4) is 6.07 Å². The Hall–Kier alpha value is -0.900. The van der Waals surface area contributed by atoms with Gasteiger partial charge in [-0.25, -0.2) is 8.42 Å². The molecule has 1 N–H and O–H groups in total. The van der Waals surface area contributed by atoms with Crippen LogP contribution in [0.15, 0.2) is 21.7 Å². The molecule has 0 aromatic carbocycles. The average molecular weight is 270 g/mol. The minimum Gasteiger partial charge on any atom is -0.206 e. The van der Waals surface area contributed by atoms with Crippen molar-refractivity contribution in [1.29, 1.82) is 5.26 Å². The van der Waals surface area contributed by atoms with Crippen LogP contribution in [0.4, 0.5) is 0 Å². The highest BCUT2D eigenvalue weighted by atomic mass is 32.2. The molecule has 0 radical (unpaired) electrons. The second kappa shape index (κ2) is 4.77. The molecule has 1 heterocycles. The quantitative estimate of drug-likeness (QED) is 0.915. The molecule has 4 nitrogen and oxygen atoms in total. The van der Waals surface area contributed by atoms with Crippen LogP contribution in [0.2, 0.25) is 0 Å². The van der Waals surface area contributed by atoms with Crippen LogP contribution in [0.25, 0.3) is 0 Å². The van der Waals surface area contributed by atoms with Crippen LogP contribution in [-0.4, -0.2) is 14.0 Å². The molecule has 1 aliphatic rings. The Balaban J connectivity index is 2.22. The van der Waals surface area contributed by atoms with E-state index >= 15 is 0 Å². The topological polar surface area (TPSA) is 70.0 Å². The van der Waals surface area contributed by atoms with Gasteiger partial charge < -0.3 is 0 Å². The van der Waals surface area contributed by atoms with E-state index < -0.39 is 15.6 Å². The Morgan fingerprint density at radius 2 is 2.06 bits per heavy atom. The number of hydrogen-bond acceptors (Lipinski definition) is 4. The van der Waals surface area contributed by atoms with Crippen molar-refractivity contribution in [2.45, 2.75) is 41.9 Å². The standard InChI is InChI=1S/C11H14N2O2S2/c12-9-11(6-2-1-3-7-11)13-17(14,15)10-5-4-8-16-10/h4-5,8,13H,1-3,6-7H2. The van der Waals surface area contributed by atoms with Gasteiger partial charge >= 0.3 is 0 Å². The second-order valence-corrected chi connectivity index (χ2v) is 7.15. The molecule has 0 amide bonds. The third-order valence-electron chi connectivity index (χ3n) is 3.01. The van der Waals surface area contributed by atoms with E-state index in [1.165, 1.54) is 11.3 Å². The molecule has 0 bridgehead atoms. The SMILES string of the molecule is N#CC1(NS(=O)(=O)c2cccs2)CCCCC1. The van der Waals surface area contributed by atoms with E-state index in [0.717, 1.165) is 19.3 Å². The summed E-state index contributed by atoms with van der Waals surface area (Å²) in [7, 11) is -3.54. The minimum absolute atomic E-state index is 0.276. The zero-order valence-corrected chi connectivity index (χ0v) is 11.0. The van der Waals surface area contributed by atoms with Crippen LogP contribution in [-0.2, 0) is 10.0 Å². The maximum atomic E-state index is 12.1. The predicted octanol–water partition coefficient (Wildman–Crippen LogP) is 2.25. The first-order chi connectivity index (χ1) is 8.08. The lowest BCUT2D eigenvalue weighted by molar-refractivity contribution is 0.338. The number of sulfonamides is 1. The van der Waals surface area contributed by atoms with Crippen molar-refractivity contribution >= 4 is 21.4 Å². The Morgan fingerprint density at radius 3 is 2.59 bits per heavy atom. The van der Waals surface area contributed by atoms with E-state index in [-0.39, 0.29) is 4.21 Å². The van der Waals surface area contributed by atoms with Gasteiger partial charge in [-0.15, -0.1) is 11.3 Å². The summed E-state index contributed by atoms with van der Waals surface area (Å²) < 4.78 is 27.0. The summed E-state index contributed by atoms with van der Waals surface area (Å²) in [5, 5.41) is 10.9. The fourth-order valence-corrected chi connectivity index (χ4v) is 4.49. The molecule has 2 rings (SSSR count). The van der Waals surface area contributed by atoms with E-state index in [1.54, 1.807) is 17.5 Å². The van der Waals surface area contributed by atoms with Gasteiger partial charge in [0.1, 0.15) is 9.75 Å². The number of nitriles is 1. The molecule has 1 saturated carbocycles. The Labute approximate surface area is 105 Å². The fourth-order valence-electron chi connectivity index (χ4n) is 2.12. The highest BCUT2D eigenvalue weighted by Gasteiger charge is 2.36. The van der Waals surface area contributed by atoms with Crippen molar-refractivity contribution in [3.05, 3.63) is 17.5 Å². The van der Waals surface area contributed by atoms with Crippen LogP contribution >= 0.6 is 11.3 Å². The molecule has 0 aliphatic heterocycles. The van der Waals surface area contributed by atoms with E-state index in [9.17, 15) is 13.7 Å². The van der Waals surface area contributed by atoms with Crippen molar-refractivity contribution in [2.24, 2.45) is 0 Å². The van der Waals surface area contributed by atoms with Crippen molar-refractivity contribution in [2.75, 3.05) is 0 Å². The monoisotopic (exact) mass is 270 g/mol. The van der Waals surface area contributed by atoms with Crippen molar-refractivity contribution in [3.63, 3.8) is 0 Å².